The molecule has 0 aliphatic heterocycles. The standard InChI is InChI=1S/C16H15BrN2O5/c1-22-13-7-10(16(21)24-3)11(8-14(13)23-2)19-15(20)12-6-9(17)4-5-18-12/h4-8H,1-3H3,(H,19,20). The minimum Gasteiger partial charge on any atom is -0.493 e. The van der Waals surface area contributed by atoms with Crippen LogP contribution in [0.2, 0.25) is 0 Å². The van der Waals surface area contributed by atoms with Crippen LogP contribution in [-0.2, 0) is 4.74 Å². The maximum Gasteiger partial charge on any atom is 0.340 e. The van der Waals surface area contributed by atoms with Crippen molar-refractivity contribution < 1.29 is 23.8 Å². The van der Waals surface area contributed by atoms with E-state index in [2.05, 4.69) is 26.2 Å². The molecule has 0 saturated heterocycles. The summed E-state index contributed by atoms with van der Waals surface area (Å²) in [6, 6.07) is 6.19. The van der Waals surface area contributed by atoms with Crippen molar-refractivity contribution >= 4 is 33.5 Å². The van der Waals surface area contributed by atoms with Crippen LogP contribution in [0.4, 0.5) is 5.69 Å². The van der Waals surface area contributed by atoms with Crippen molar-refractivity contribution in [2.75, 3.05) is 26.6 Å². The third-order valence-corrected chi connectivity index (χ3v) is 3.63. The second-order valence-corrected chi connectivity index (χ2v) is 5.47. The SMILES string of the molecule is COC(=O)c1cc(OC)c(OC)cc1NC(=O)c1cc(Br)ccn1. The first-order valence-corrected chi connectivity index (χ1v) is 7.56. The number of nitrogens with zero attached hydrogens (tertiary/aromatic N) is 1. The average molecular weight is 395 g/mol. The Balaban J connectivity index is 2.43. The molecule has 1 aromatic heterocycles. The summed E-state index contributed by atoms with van der Waals surface area (Å²) in [7, 11) is 4.15. The number of ether oxygens (including phenoxy) is 3. The lowest BCUT2D eigenvalue weighted by molar-refractivity contribution is 0.0601. The average Bonchev–Trinajstić information content (AvgIpc) is 2.60. The van der Waals surface area contributed by atoms with Gasteiger partial charge in [0.1, 0.15) is 5.69 Å². The van der Waals surface area contributed by atoms with Gasteiger partial charge in [-0.2, -0.15) is 0 Å². The quantitative estimate of drug-likeness (QED) is 0.784. The van der Waals surface area contributed by atoms with Gasteiger partial charge in [-0.05, 0) is 12.1 Å². The lowest BCUT2D eigenvalue weighted by atomic mass is 10.1. The molecule has 0 unspecified atom stereocenters. The maximum atomic E-state index is 12.4. The van der Waals surface area contributed by atoms with Crippen LogP contribution in [0.1, 0.15) is 20.8 Å². The fourth-order valence-electron chi connectivity index (χ4n) is 1.98. The highest BCUT2D eigenvalue weighted by Gasteiger charge is 2.20. The molecule has 0 fully saturated rings. The molecule has 126 valence electrons. The predicted molar refractivity (Wildman–Crippen MR) is 90.8 cm³/mol. The van der Waals surface area contributed by atoms with Crippen molar-refractivity contribution in [3.63, 3.8) is 0 Å². The van der Waals surface area contributed by atoms with Crippen LogP contribution in [0.3, 0.4) is 0 Å². The first-order valence-electron chi connectivity index (χ1n) is 6.77. The summed E-state index contributed by atoms with van der Waals surface area (Å²) in [4.78, 5) is 28.3. The predicted octanol–water partition coefficient (Wildman–Crippen LogP) is 2.90. The second kappa shape index (κ2) is 7.78. The number of amides is 1. The molecule has 1 aromatic carbocycles. The van der Waals surface area contributed by atoms with Crippen molar-refractivity contribution in [2.45, 2.75) is 0 Å². The van der Waals surface area contributed by atoms with E-state index >= 15 is 0 Å². The number of halogens is 1. The third-order valence-electron chi connectivity index (χ3n) is 3.13. The molecule has 8 heteroatoms. The Morgan fingerprint density at radius 1 is 1.08 bits per heavy atom. The van der Waals surface area contributed by atoms with Gasteiger partial charge < -0.3 is 19.5 Å². The van der Waals surface area contributed by atoms with E-state index in [1.165, 1.54) is 39.7 Å². The van der Waals surface area contributed by atoms with Gasteiger partial charge in [0, 0.05) is 22.8 Å². The molecular weight excluding hydrogens is 380 g/mol. The number of pyridine rings is 1. The Morgan fingerprint density at radius 3 is 2.33 bits per heavy atom. The van der Waals surface area contributed by atoms with E-state index in [4.69, 9.17) is 14.2 Å². The zero-order valence-electron chi connectivity index (χ0n) is 13.3. The normalized spacial score (nSPS) is 10.0. The van der Waals surface area contributed by atoms with Crippen LogP contribution in [-0.4, -0.2) is 38.2 Å². The molecular formula is C16H15BrN2O5. The Bertz CT molecular complexity index is 779. The lowest BCUT2D eigenvalue weighted by Crippen LogP contribution is -2.17. The summed E-state index contributed by atoms with van der Waals surface area (Å²) >= 11 is 3.28. The van der Waals surface area contributed by atoms with Crippen molar-refractivity contribution in [1.82, 2.24) is 4.98 Å². The zero-order chi connectivity index (χ0) is 17.7. The number of methoxy groups -OCH3 is 3. The molecule has 2 rings (SSSR count). The molecule has 7 nitrogen and oxygen atoms in total. The first kappa shape index (κ1) is 17.7. The van der Waals surface area contributed by atoms with Crippen LogP contribution < -0.4 is 14.8 Å². The smallest absolute Gasteiger partial charge is 0.340 e. The van der Waals surface area contributed by atoms with E-state index in [-0.39, 0.29) is 16.9 Å². The Kier molecular flexibility index (Phi) is 5.75. The van der Waals surface area contributed by atoms with Crippen LogP contribution >= 0.6 is 15.9 Å². The molecule has 0 saturated carbocycles. The first-order chi connectivity index (χ1) is 11.5. The monoisotopic (exact) mass is 394 g/mol. The van der Waals surface area contributed by atoms with Gasteiger partial charge in [0.15, 0.2) is 11.5 Å². The zero-order valence-corrected chi connectivity index (χ0v) is 14.8. The van der Waals surface area contributed by atoms with Gasteiger partial charge in [0.2, 0.25) is 0 Å². The van der Waals surface area contributed by atoms with Gasteiger partial charge >= 0.3 is 5.97 Å². The number of rotatable bonds is 5. The maximum absolute atomic E-state index is 12.4. The van der Waals surface area contributed by atoms with E-state index in [0.717, 1.165) is 0 Å². The topological polar surface area (TPSA) is 86.8 Å². The summed E-state index contributed by atoms with van der Waals surface area (Å²) in [5.74, 6) is -0.388. The van der Waals surface area contributed by atoms with Crippen LogP contribution in [0.5, 0.6) is 11.5 Å². The number of esters is 1. The molecule has 1 heterocycles. The lowest BCUT2D eigenvalue weighted by Gasteiger charge is -2.14. The molecule has 0 atom stereocenters. The summed E-state index contributed by atoms with van der Waals surface area (Å²) in [6.45, 7) is 0. The number of nitrogens with one attached hydrogen (secondary N) is 1. The van der Waals surface area contributed by atoms with Gasteiger partial charge in [-0.25, -0.2) is 4.79 Å². The van der Waals surface area contributed by atoms with Crippen LogP contribution in [0.15, 0.2) is 34.9 Å². The minimum atomic E-state index is -0.617. The number of aromatic nitrogens is 1. The highest BCUT2D eigenvalue weighted by molar-refractivity contribution is 9.10. The number of benzene rings is 1. The van der Waals surface area contributed by atoms with Crippen LogP contribution in [0, 0.1) is 0 Å². The molecule has 1 amide bonds. The van der Waals surface area contributed by atoms with Crippen molar-refractivity contribution in [2.24, 2.45) is 0 Å². The fourth-order valence-corrected chi connectivity index (χ4v) is 2.31. The third kappa shape index (κ3) is 3.83. The number of anilines is 1. The number of carbonyl (C=O) groups is 2. The number of hydrogen-bond donors (Lipinski definition) is 1. The van der Waals surface area contributed by atoms with Crippen molar-refractivity contribution in [3.8, 4) is 11.5 Å². The van der Waals surface area contributed by atoms with E-state index in [1.54, 1.807) is 12.1 Å². The van der Waals surface area contributed by atoms with E-state index in [0.29, 0.717) is 16.0 Å². The molecule has 0 aliphatic rings. The summed E-state index contributed by atoms with van der Waals surface area (Å²) in [5, 5.41) is 2.64. The molecule has 0 radical (unpaired) electrons. The van der Waals surface area contributed by atoms with Gasteiger partial charge in [-0.15, -0.1) is 0 Å². The van der Waals surface area contributed by atoms with Gasteiger partial charge in [0.25, 0.3) is 5.91 Å². The van der Waals surface area contributed by atoms with Crippen molar-refractivity contribution in [3.05, 3.63) is 46.2 Å². The molecule has 0 spiro atoms. The second-order valence-electron chi connectivity index (χ2n) is 4.56. The Morgan fingerprint density at radius 2 is 1.75 bits per heavy atom. The molecule has 0 aliphatic carbocycles. The van der Waals surface area contributed by atoms with Gasteiger partial charge in [-0.1, -0.05) is 15.9 Å². The van der Waals surface area contributed by atoms with E-state index < -0.39 is 11.9 Å². The summed E-state index contributed by atoms with van der Waals surface area (Å²) in [5.41, 5.74) is 0.555. The highest BCUT2D eigenvalue weighted by atomic mass is 79.9. The molecule has 24 heavy (non-hydrogen) atoms. The van der Waals surface area contributed by atoms with Gasteiger partial charge in [0.05, 0.1) is 32.6 Å². The van der Waals surface area contributed by atoms with E-state index in [1.807, 2.05) is 0 Å². The minimum absolute atomic E-state index is 0.137. The summed E-state index contributed by atoms with van der Waals surface area (Å²) < 4.78 is 15.8. The molecule has 1 N–H and O–H groups in total. The largest absolute Gasteiger partial charge is 0.493 e. The van der Waals surface area contributed by atoms with Crippen molar-refractivity contribution in [1.29, 1.82) is 0 Å². The Labute approximate surface area is 147 Å². The Hall–Kier alpha value is -2.61. The summed E-state index contributed by atoms with van der Waals surface area (Å²) in [6.07, 6.45) is 1.49. The highest BCUT2D eigenvalue weighted by Crippen LogP contribution is 2.34. The number of hydrogen-bond acceptors (Lipinski definition) is 6. The molecule has 0 bridgehead atoms. The van der Waals surface area contributed by atoms with Gasteiger partial charge in [-0.3, -0.25) is 9.78 Å². The molecule has 2 aromatic rings. The van der Waals surface area contributed by atoms with E-state index in [9.17, 15) is 9.59 Å². The number of carbonyl (C=O) groups excluding carboxylic acids is 2. The fraction of sp³-hybridized carbons (Fsp3) is 0.188. The van der Waals surface area contributed by atoms with Crippen LogP contribution in [0.25, 0.3) is 0 Å².